The SMILES string of the molecule is Cc1ccc(C(C)C)c(OCCN2C(=O)S/C(=C\c3ccc(-c4cc(Cl)ccc4Cl)o3)C2=O)c1. The van der Waals surface area contributed by atoms with E-state index in [-0.39, 0.29) is 24.3 Å². The quantitative estimate of drug-likeness (QED) is 0.300. The highest BCUT2D eigenvalue weighted by Crippen LogP contribution is 2.35. The lowest BCUT2D eigenvalue weighted by molar-refractivity contribution is -0.123. The van der Waals surface area contributed by atoms with E-state index in [4.69, 9.17) is 32.4 Å². The zero-order valence-corrected chi connectivity index (χ0v) is 21.3. The number of benzene rings is 2. The molecule has 0 aliphatic carbocycles. The highest BCUT2D eigenvalue weighted by atomic mass is 35.5. The normalized spacial score (nSPS) is 15.1. The third-order valence-corrected chi connectivity index (χ3v) is 6.80. The number of ether oxygens (including phenoxy) is 1. The fraction of sp³-hybridized carbons (Fsp3) is 0.231. The highest BCUT2D eigenvalue weighted by molar-refractivity contribution is 8.18. The number of hydrogen-bond acceptors (Lipinski definition) is 5. The monoisotopic (exact) mass is 515 g/mol. The van der Waals surface area contributed by atoms with Crippen LogP contribution in [0.4, 0.5) is 4.79 Å². The number of halogens is 2. The van der Waals surface area contributed by atoms with Crippen molar-refractivity contribution in [1.29, 1.82) is 0 Å². The van der Waals surface area contributed by atoms with Crippen LogP contribution in [-0.2, 0) is 4.79 Å². The van der Waals surface area contributed by atoms with E-state index < -0.39 is 0 Å². The molecule has 34 heavy (non-hydrogen) atoms. The van der Waals surface area contributed by atoms with Crippen molar-refractivity contribution in [1.82, 2.24) is 4.90 Å². The van der Waals surface area contributed by atoms with E-state index in [1.54, 1.807) is 36.4 Å². The van der Waals surface area contributed by atoms with Crippen molar-refractivity contribution in [2.75, 3.05) is 13.2 Å². The minimum absolute atomic E-state index is 0.162. The molecule has 1 saturated heterocycles. The van der Waals surface area contributed by atoms with Gasteiger partial charge in [-0.2, -0.15) is 0 Å². The maximum absolute atomic E-state index is 12.8. The maximum Gasteiger partial charge on any atom is 0.293 e. The summed E-state index contributed by atoms with van der Waals surface area (Å²) >= 11 is 13.2. The molecular formula is C26H23Cl2NO4S. The Kier molecular flexibility index (Phi) is 7.41. The van der Waals surface area contributed by atoms with E-state index in [1.807, 2.05) is 25.1 Å². The third-order valence-electron chi connectivity index (χ3n) is 5.33. The van der Waals surface area contributed by atoms with Crippen molar-refractivity contribution in [2.45, 2.75) is 26.7 Å². The van der Waals surface area contributed by atoms with Gasteiger partial charge in [0.05, 0.1) is 16.5 Å². The molecule has 1 fully saturated rings. The predicted octanol–water partition coefficient (Wildman–Crippen LogP) is 7.80. The van der Waals surface area contributed by atoms with Crippen LogP contribution in [0.3, 0.4) is 0 Å². The summed E-state index contributed by atoms with van der Waals surface area (Å²) in [5, 5.41) is 0.699. The molecule has 2 heterocycles. The second-order valence-corrected chi connectivity index (χ2v) is 10.0. The van der Waals surface area contributed by atoms with Crippen molar-refractivity contribution in [3.63, 3.8) is 0 Å². The summed E-state index contributed by atoms with van der Waals surface area (Å²) in [6, 6.07) is 14.6. The van der Waals surface area contributed by atoms with Crippen LogP contribution in [0, 0.1) is 6.92 Å². The number of hydrogen-bond donors (Lipinski definition) is 0. The van der Waals surface area contributed by atoms with Crippen molar-refractivity contribution >= 4 is 52.2 Å². The highest BCUT2D eigenvalue weighted by Gasteiger charge is 2.35. The lowest BCUT2D eigenvalue weighted by atomic mass is 10.0. The van der Waals surface area contributed by atoms with Crippen molar-refractivity contribution in [3.05, 3.63) is 80.4 Å². The van der Waals surface area contributed by atoms with Gasteiger partial charge in [0.1, 0.15) is 23.9 Å². The molecule has 176 valence electrons. The van der Waals surface area contributed by atoms with E-state index in [1.165, 1.54) is 4.90 Å². The van der Waals surface area contributed by atoms with Crippen LogP contribution in [0.15, 0.2) is 57.9 Å². The number of nitrogens with zero attached hydrogens (tertiary/aromatic N) is 1. The third kappa shape index (κ3) is 5.35. The first-order chi connectivity index (χ1) is 16.2. The first-order valence-electron chi connectivity index (χ1n) is 10.8. The van der Waals surface area contributed by atoms with Gasteiger partial charge in [-0.25, -0.2) is 0 Å². The van der Waals surface area contributed by atoms with Gasteiger partial charge in [-0.1, -0.05) is 49.2 Å². The van der Waals surface area contributed by atoms with Crippen LogP contribution >= 0.6 is 35.0 Å². The Morgan fingerprint density at radius 3 is 2.65 bits per heavy atom. The van der Waals surface area contributed by atoms with Gasteiger partial charge in [-0.3, -0.25) is 14.5 Å². The Bertz CT molecular complexity index is 1280. The zero-order chi connectivity index (χ0) is 24.4. The lowest BCUT2D eigenvalue weighted by Crippen LogP contribution is -2.32. The molecule has 2 amide bonds. The van der Waals surface area contributed by atoms with Gasteiger partial charge in [-0.15, -0.1) is 0 Å². The van der Waals surface area contributed by atoms with Gasteiger partial charge in [-0.05, 0) is 72.1 Å². The molecule has 1 aliphatic heterocycles. The summed E-state index contributed by atoms with van der Waals surface area (Å²) in [5.74, 6) is 1.67. The molecule has 0 N–H and O–H groups in total. The topological polar surface area (TPSA) is 59.8 Å². The average Bonchev–Trinajstić information content (AvgIpc) is 3.35. The summed E-state index contributed by atoms with van der Waals surface area (Å²) < 4.78 is 11.8. The van der Waals surface area contributed by atoms with E-state index in [0.29, 0.717) is 38.0 Å². The second kappa shape index (κ2) is 10.3. The molecule has 0 atom stereocenters. The number of amides is 2. The lowest BCUT2D eigenvalue weighted by Gasteiger charge is -2.17. The number of carbonyl (C=O) groups is 2. The Labute approximate surface area is 212 Å². The standard InChI is InChI=1S/C26H23Cl2NO4S/c1-15(2)19-7-4-16(3)12-23(19)32-11-10-29-25(30)24(34-26(29)31)14-18-6-9-22(33-18)20-13-17(27)5-8-21(20)28/h4-9,12-15H,10-11H2,1-3H3/b24-14-. The Balaban J connectivity index is 1.44. The average molecular weight is 516 g/mol. The second-order valence-electron chi connectivity index (χ2n) is 8.20. The number of carbonyl (C=O) groups excluding carboxylic acids is 2. The van der Waals surface area contributed by atoms with E-state index in [9.17, 15) is 9.59 Å². The minimum Gasteiger partial charge on any atom is -0.491 e. The molecule has 0 saturated carbocycles. The van der Waals surface area contributed by atoms with E-state index in [2.05, 4.69) is 13.8 Å². The summed E-state index contributed by atoms with van der Waals surface area (Å²) in [4.78, 5) is 26.8. The number of thioether (sulfide) groups is 1. The van der Waals surface area contributed by atoms with Crippen molar-refractivity contribution in [3.8, 4) is 17.1 Å². The first kappa shape index (κ1) is 24.5. The zero-order valence-electron chi connectivity index (χ0n) is 18.9. The van der Waals surface area contributed by atoms with E-state index in [0.717, 1.165) is 28.6 Å². The number of imide groups is 1. The van der Waals surface area contributed by atoms with Crippen molar-refractivity contribution in [2.24, 2.45) is 0 Å². The molecule has 8 heteroatoms. The first-order valence-corrected chi connectivity index (χ1v) is 12.3. The molecule has 0 spiro atoms. The Morgan fingerprint density at radius 1 is 1.09 bits per heavy atom. The smallest absolute Gasteiger partial charge is 0.293 e. The van der Waals surface area contributed by atoms with Crippen LogP contribution in [0.1, 0.15) is 36.7 Å². The fourth-order valence-electron chi connectivity index (χ4n) is 3.57. The summed E-state index contributed by atoms with van der Waals surface area (Å²) in [6.07, 6.45) is 1.56. The van der Waals surface area contributed by atoms with Gasteiger partial charge in [0.2, 0.25) is 0 Å². The fourth-order valence-corrected chi connectivity index (χ4v) is 4.80. The largest absolute Gasteiger partial charge is 0.491 e. The van der Waals surface area contributed by atoms with Crippen LogP contribution in [0.2, 0.25) is 10.0 Å². The van der Waals surface area contributed by atoms with Gasteiger partial charge >= 0.3 is 0 Å². The van der Waals surface area contributed by atoms with Gasteiger partial charge < -0.3 is 9.15 Å². The minimum atomic E-state index is -0.370. The molecular weight excluding hydrogens is 493 g/mol. The number of rotatable bonds is 7. The molecule has 5 nitrogen and oxygen atoms in total. The molecule has 4 rings (SSSR count). The molecule has 0 unspecified atom stereocenters. The Hall–Kier alpha value is -2.67. The summed E-state index contributed by atoms with van der Waals surface area (Å²) in [6.45, 7) is 6.57. The molecule has 3 aromatic rings. The van der Waals surface area contributed by atoms with Gasteiger partial charge in [0.15, 0.2) is 0 Å². The predicted molar refractivity (Wildman–Crippen MR) is 138 cm³/mol. The van der Waals surface area contributed by atoms with Gasteiger partial charge in [0, 0.05) is 16.7 Å². The molecule has 1 aromatic heterocycles. The number of furan rings is 1. The van der Waals surface area contributed by atoms with Crippen LogP contribution < -0.4 is 4.74 Å². The van der Waals surface area contributed by atoms with Crippen LogP contribution in [0.5, 0.6) is 5.75 Å². The summed E-state index contributed by atoms with van der Waals surface area (Å²) in [5.41, 5.74) is 2.83. The number of aryl methyl sites for hydroxylation is 1. The van der Waals surface area contributed by atoms with Gasteiger partial charge in [0.25, 0.3) is 11.1 Å². The molecule has 1 aliphatic rings. The molecule has 2 aromatic carbocycles. The van der Waals surface area contributed by atoms with Crippen LogP contribution in [-0.4, -0.2) is 29.2 Å². The van der Waals surface area contributed by atoms with Crippen LogP contribution in [0.25, 0.3) is 17.4 Å². The summed E-state index contributed by atoms with van der Waals surface area (Å²) in [7, 11) is 0. The molecule has 0 radical (unpaired) electrons. The Morgan fingerprint density at radius 2 is 1.88 bits per heavy atom. The molecule has 0 bridgehead atoms. The van der Waals surface area contributed by atoms with Crippen molar-refractivity contribution < 1.29 is 18.7 Å². The maximum atomic E-state index is 12.8. The van der Waals surface area contributed by atoms with E-state index >= 15 is 0 Å².